The Bertz CT molecular complexity index is 3270. The Balaban J connectivity index is 0.994. The van der Waals surface area contributed by atoms with Crippen molar-refractivity contribution < 1.29 is 9.15 Å². The van der Waals surface area contributed by atoms with Gasteiger partial charge in [-0.1, -0.05) is 97.1 Å². The summed E-state index contributed by atoms with van der Waals surface area (Å²) in [5.41, 5.74) is 13.2. The standard InChI is InChI=1S/C48H28N2O2/c1-5-13-41-34(9-1)37-24-23-33(48-47(37)50(41)43-14-6-8-16-46(43)52-48)29-17-21-32(22-18-29)49-40-12-4-2-10-35(40)38-27-30(19-25-42(38)49)31-20-26-45-39(28-31)36-11-3-7-15-44(36)51-45/h1-28H. The smallest absolute Gasteiger partial charge is 0.160 e. The third kappa shape index (κ3) is 3.75. The summed E-state index contributed by atoms with van der Waals surface area (Å²) in [6.45, 7) is 0. The van der Waals surface area contributed by atoms with Crippen molar-refractivity contribution in [3.05, 3.63) is 170 Å². The molecule has 12 rings (SSSR count). The predicted octanol–water partition coefficient (Wildman–Crippen LogP) is 13.2. The molecule has 0 radical (unpaired) electrons. The summed E-state index contributed by atoms with van der Waals surface area (Å²) < 4.78 is 17.6. The number of fused-ring (bicyclic) bond motifs is 11. The van der Waals surface area contributed by atoms with Crippen LogP contribution in [0.2, 0.25) is 0 Å². The first-order valence-corrected chi connectivity index (χ1v) is 17.7. The minimum atomic E-state index is 0.865. The molecule has 242 valence electrons. The lowest BCUT2D eigenvalue weighted by Gasteiger charge is -2.23. The van der Waals surface area contributed by atoms with Crippen molar-refractivity contribution in [1.82, 2.24) is 9.13 Å². The highest BCUT2D eigenvalue weighted by Crippen LogP contribution is 2.49. The van der Waals surface area contributed by atoms with Gasteiger partial charge in [0, 0.05) is 43.6 Å². The quantitative estimate of drug-likeness (QED) is 0.188. The largest absolute Gasteiger partial charge is 0.456 e. The number of rotatable bonds is 3. The second kappa shape index (κ2) is 10.3. The molecule has 1 aliphatic heterocycles. The van der Waals surface area contributed by atoms with Crippen molar-refractivity contribution in [3.63, 3.8) is 0 Å². The molecule has 4 nitrogen and oxygen atoms in total. The van der Waals surface area contributed by atoms with E-state index in [1.807, 2.05) is 18.2 Å². The molecule has 0 unspecified atom stereocenters. The molecule has 0 spiro atoms. The number of furan rings is 1. The van der Waals surface area contributed by atoms with E-state index in [9.17, 15) is 0 Å². The maximum Gasteiger partial charge on any atom is 0.160 e. The van der Waals surface area contributed by atoms with Crippen LogP contribution in [0.4, 0.5) is 0 Å². The van der Waals surface area contributed by atoms with Gasteiger partial charge in [0.25, 0.3) is 0 Å². The molecule has 0 bridgehead atoms. The van der Waals surface area contributed by atoms with Crippen LogP contribution < -0.4 is 4.74 Å². The lowest BCUT2D eigenvalue weighted by molar-refractivity contribution is 0.478. The molecule has 0 saturated heterocycles. The molecule has 3 aromatic heterocycles. The SMILES string of the molecule is c1ccc2c(c1)Oc1c(-c3ccc(-n4c5ccccc5c5cc(-c6ccc7oc8ccccc8c7c6)ccc54)cc3)ccc3c4ccccc4n-2c13. The molecule has 8 aromatic carbocycles. The van der Waals surface area contributed by atoms with E-state index in [2.05, 4.69) is 161 Å². The average molecular weight is 665 g/mol. The fourth-order valence-corrected chi connectivity index (χ4v) is 8.57. The van der Waals surface area contributed by atoms with Crippen molar-refractivity contribution >= 4 is 65.6 Å². The van der Waals surface area contributed by atoms with Crippen LogP contribution in [-0.2, 0) is 0 Å². The van der Waals surface area contributed by atoms with Crippen molar-refractivity contribution in [2.24, 2.45) is 0 Å². The van der Waals surface area contributed by atoms with E-state index in [0.717, 1.165) is 61.5 Å². The van der Waals surface area contributed by atoms with Gasteiger partial charge in [-0.05, 0) is 89.5 Å². The van der Waals surface area contributed by atoms with Crippen LogP contribution in [0.1, 0.15) is 0 Å². The number of para-hydroxylation sites is 5. The van der Waals surface area contributed by atoms with E-state index in [0.29, 0.717) is 0 Å². The minimum Gasteiger partial charge on any atom is -0.456 e. The van der Waals surface area contributed by atoms with E-state index in [-0.39, 0.29) is 0 Å². The lowest BCUT2D eigenvalue weighted by Crippen LogP contribution is -2.05. The first kappa shape index (κ1) is 27.7. The van der Waals surface area contributed by atoms with Gasteiger partial charge in [0.15, 0.2) is 11.5 Å². The van der Waals surface area contributed by atoms with Gasteiger partial charge in [0.05, 0.1) is 27.8 Å². The summed E-state index contributed by atoms with van der Waals surface area (Å²) in [7, 11) is 0. The molecule has 0 N–H and O–H groups in total. The number of nitrogens with zero attached hydrogens (tertiary/aromatic N) is 2. The molecule has 0 aliphatic carbocycles. The number of aromatic nitrogens is 2. The van der Waals surface area contributed by atoms with Crippen LogP contribution in [0.15, 0.2) is 174 Å². The van der Waals surface area contributed by atoms with Gasteiger partial charge in [-0.3, -0.25) is 0 Å². The normalized spacial score (nSPS) is 12.4. The highest BCUT2D eigenvalue weighted by molar-refractivity contribution is 6.14. The Kier molecular flexibility index (Phi) is 5.47. The van der Waals surface area contributed by atoms with Gasteiger partial charge in [-0.2, -0.15) is 0 Å². The van der Waals surface area contributed by atoms with Crippen LogP contribution >= 0.6 is 0 Å². The molecule has 0 fully saturated rings. The monoisotopic (exact) mass is 664 g/mol. The number of hydrogen-bond donors (Lipinski definition) is 0. The van der Waals surface area contributed by atoms with Crippen molar-refractivity contribution in [3.8, 4) is 45.1 Å². The average Bonchev–Trinajstić information content (AvgIpc) is 3.86. The van der Waals surface area contributed by atoms with Crippen LogP contribution in [-0.4, -0.2) is 9.13 Å². The maximum absolute atomic E-state index is 6.74. The van der Waals surface area contributed by atoms with E-state index < -0.39 is 0 Å². The zero-order valence-corrected chi connectivity index (χ0v) is 27.9. The molecule has 4 heterocycles. The summed E-state index contributed by atoms with van der Waals surface area (Å²) in [5, 5.41) is 7.16. The molecule has 1 aliphatic rings. The third-order valence-electron chi connectivity index (χ3n) is 10.9. The van der Waals surface area contributed by atoms with E-state index in [1.165, 1.54) is 49.2 Å². The maximum atomic E-state index is 6.74. The molecule has 0 atom stereocenters. The molecule has 11 aromatic rings. The third-order valence-corrected chi connectivity index (χ3v) is 10.9. The first-order valence-electron chi connectivity index (χ1n) is 17.7. The fraction of sp³-hybridized carbons (Fsp3) is 0. The van der Waals surface area contributed by atoms with Gasteiger partial charge in [0.1, 0.15) is 11.2 Å². The summed E-state index contributed by atoms with van der Waals surface area (Å²) >= 11 is 0. The second-order valence-corrected chi connectivity index (χ2v) is 13.7. The number of ether oxygens (including phenoxy) is 1. The van der Waals surface area contributed by atoms with Crippen LogP contribution in [0.3, 0.4) is 0 Å². The van der Waals surface area contributed by atoms with Crippen LogP contribution in [0.5, 0.6) is 11.5 Å². The van der Waals surface area contributed by atoms with Gasteiger partial charge in [0.2, 0.25) is 0 Å². The van der Waals surface area contributed by atoms with Crippen molar-refractivity contribution in [1.29, 1.82) is 0 Å². The predicted molar refractivity (Wildman–Crippen MR) is 213 cm³/mol. The topological polar surface area (TPSA) is 32.2 Å². The minimum absolute atomic E-state index is 0.865. The Morgan fingerprint density at radius 3 is 1.85 bits per heavy atom. The number of benzene rings is 8. The van der Waals surface area contributed by atoms with Crippen molar-refractivity contribution in [2.75, 3.05) is 0 Å². The molecule has 52 heavy (non-hydrogen) atoms. The summed E-state index contributed by atoms with van der Waals surface area (Å²) in [4.78, 5) is 0. The van der Waals surface area contributed by atoms with Gasteiger partial charge in [-0.15, -0.1) is 0 Å². The Morgan fingerprint density at radius 1 is 0.385 bits per heavy atom. The van der Waals surface area contributed by atoms with Crippen LogP contribution in [0, 0.1) is 0 Å². The van der Waals surface area contributed by atoms with Crippen LogP contribution in [0.25, 0.3) is 99.2 Å². The summed E-state index contributed by atoms with van der Waals surface area (Å²) in [6.07, 6.45) is 0. The Labute approximate surface area is 297 Å². The summed E-state index contributed by atoms with van der Waals surface area (Å²) in [5.74, 6) is 1.76. The summed E-state index contributed by atoms with van der Waals surface area (Å²) in [6, 6.07) is 60.6. The van der Waals surface area contributed by atoms with E-state index in [1.54, 1.807) is 0 Å². The zero-order chi connectivity index (χ0) is 33.9. The first-order chi connectivity index (χ1) is 25.8. The highest BCUT2D eigenvalue weighted by Gasteiger charge is 2.26. The Morgan fingerprint density at radius 2 is 1.00 bits per heavy atom. The lowest BCUT2D eigenvalue weighted by atomic mass is 10.0. The number of hydrogen-bond acceptors (Lipinski definition) is 2. The Hall–Kier alpha value is -7.04. The van der Waals surface area contributed by atoms with Gasteiger partial charge >= 0.3 is 0 Å². The molecule has 4 heteroatoms. The molecule has 0 saturated carbocycles. The van der Waals surface area contributed by atoms with Gasteiger partial charge < -0.3 is 18.3 Å². The molecule has 0 amide bonds. The molecular formula is C48H28N2O2. The fourth-order valence-electron chi connectivity index (χ4n) is 8.57. The van der Waals surface area contributed by atoms with Gasteiger partial charge in [-0.25, -0.2) is 0 Å². The van der Waals surface area contributed by atoms with E-state index in [4.69, 9.17) is 9.15 Å². The zero-order valence-electron chi connectivity index (χ0n) is 27.9. The van der Waals surface area contributed by atoms with Crippen molar-refractivity contribution in [2.45, 2.75) is 0 Å². The van der Waals surface area contributed by atoms with E-state index >= 15 is 0 Å². The molecular weight excluding hydrogens is 637 g/mol. The second-order valence-electron chi connectivity index (χ2n) is 13.7. The highest BCUT2D eigenvalue weighted by atomic mass is 16.5.